The Kier molecular flexibility index (Phi) is 5.17. The van der Waals surface area contributed by atoms with Crippen molar-refractivity contribution in [3.8, 4) is 0 Å². The van der Waals surface area contributed by atoms with E-state index in [9.17, 15) is 9.90 Å². The van der Waals surface area contributed by atoms with E-state index in [2.05, 4.69) is 5.32 Å². The van der Waals surface area contributed by atoms with Crippen LogP contribution in [-0.4, -0.2) is 34.9 Å². The molecule has 0 aromatic heterocycles. The summed E-state index contributed by atoms with van der Waals surface area (Å²) in [7, 11) is 0. The second kappa shape index (κ2) is 6.02. The molecule has 0 saturated heterocycles. The van der Waals surface area contributed by atoms with Crippen molar-refractivity contribution in [1.29, 1.82) is 0 Å². The molecule has 1 unspecified atom stereocenters. The maximum Gasteiger partial charge on any atom is 0.323 e. The van der Waals surface area contributed by atoms with E-state index in [1.165, 1.54) is 6.42 Å². The van der Waals surface area contributed by atoms with Crippen molar-refractivity contribution in [3.63, 3.8) is 0 Å². The van der Waals surface area contributed by atoms with Crippen molar-refractivity contribution in [2.24, 2.45) is 0 Å². The van der Waals surface area contributed by atoms with E-state index in [1.54, 1.807) is 6.92 Å². The minimum atomic E-state index is -0.466. The molecule has 1 aliphatic carbocycles. The van der Waals surface area contributed by atoms with Gasteiger partial charge in [-0.15, -0.1) is 0 Å². The first-order valence-electron chi connectivity index (χ1n) is 6.89. The van der Waals surface area contributed by atoms with Crippen molar-refractivity contribution in [3.05, 3.63) is 0 Å². The molecule has 0 aromatic rings. The molecule has 1 rings (SSSR count). The molecule has 0 aliphatic heterocycles. The van der Waals surface area contributed by atoms with Gasteiger partial charge in [-0.05, 0) is 40.5 Å². The average Bonchev–Trinajstić information content (AvgIpc) is 2.28. The van der Waals surface area contributed by atoms with E-state index < -0.39 is 5.60 Å². The third kappa shape index (κ3) is 4.58. The first kappa shape index (κ1) is 15.4. The molecular formula is C14H27NO3. The van der Waals surface area contributed by atoms with Gasteiger partial charge < -0.3 is 9.84 Å². The Labute approximate surface area is 110 Å². The Bertz CT molecular complexity index is 277. The molecule has 0 radical (unpaired) electrons. The Morgan fingerprint density at radius 2 is 1.89 bits per heavy atom. The first-order chi connectivity index (χ1) is 8.28. The second-order valence-corrected chi connectivity index (χ2v) is 6.40. The number of carbonyl (C=O) groups excluding carboxylic acids is 1. The lowest BCUT2D eigenvalue weighted by molar-refractivity contribution is -0.157. The molecule has 2 N–H and O–H groups in total. The number of hydrogen-bond acceptors (Lipinski definition) is 4. The van der Waals surface area contributed by atoms with Gasteiger partial charge >= 0.3 is 5.97 Å². The molecule has 106 valence electrons. The number of ether oxygens (including phenoxy) is 1. The van der Waals surface area contributed by atoms with Gasteiger partial charge in [0.05, 0.1) is 6.61 Å². The Hall–Kier alpha value is -0.610. The molecule has 0 bridgehead atoms. The Balaban J connectivity index is 2.56. The number of esters is 1. The summed E-state index contributed by atoms with van der Waals surface area (Å²) in [5.74, 6) is -0.249. The smallest absolute Gasteiger partial charge is 0.323 e. The predicted molar refractivity (Wildman–Crippen MR) is 71.3 cm³/mol. The van der Waals surface area contributed by atoms with E-state index in [0.717, 1.165) is 25.7 Å². The fraction of sp³-hybridized carbons (Fsp3) is 0.929. The van der Waals surface area contributed by atoms with Gasteiger partial charge in [-0.1, -0.05) is 19.3 Å². The molecule has 4 nitrogen and oxygen atoms in total. The van der Waals surface area contributed by atoms with Gasteiger partial charge in [0, 0.05) is 5.54 Å². The highest BCUT2D eigenvalue weighted by atomic mass is 16.6. The lowest BCUT2D eigenvalue weighted by atomic mass is 9.82. The molecule has 1 saturated carbocycles. The quantitative estimate of drug-likeness (QED) is 0.756. The SMILES string of the molecule is CC(NC1(CO)CCCCC1)C(=O)OC(C)(C)C. The second-order valence-electron chi connectivity index (χ2n) is 6.40. The highest BCUT2D eigenvalue weighted by Gasteiger charge is 2.35. The number of carbonyl (C=O) groups is 1. The summed E-state index contributed by atoms with van der Waals surface area (Å²) in [4.78, 5) is 11.9. The number of nitrogens with one attached hydrogen (secondary N) is 1. The summed E-state index contributed by atoms with van der Waals surface area (Å²) in [6.07, 6.45) is 5.28. The molecule has 1 atom stereocenters. The van der Waals surface area contributed by atoms with Crippen LogP contribution in [0.2, 0.25) is 0 Å². The third-order valence-electron chi connectivity index (χ3n) is 3.40. The van der Waals surface area contributed by atoms with Crippen molar-refractivity contribution in [2.45, 2.75) is 77.0 Å². The van der Waals surface area contributed by atoms with Crippen LogP contribution in [0.3, 0.4) is 0 Å². The highest BCUT2D eigenvalue weighted by molar-refractivity contribution is 5.75. The monoisotopic (exact) mass is 257 g/mol. The minimum Gasteiger partial charge on any atom is -0.459 e. The van der Waals surface area contributed by atoms with Crippen LogP contribution in [0.15, 0.2) is 0 Å². The number of hydrogen-bond donors (Lipinski definition) is 2. The first-order valence-corrected chi connectivity index (χ1v) is 6.89. The van der Waals surface area contributed by atoms with Crippen LogP contribution in [-0.2, 0) is 9.53 Å². The van der Waals surface area contributed by atoms with Crippen molar-refractivity contribution >= 4 is 5.97 Å². The van der Waals surface area contributed by atoms with Crippen molar-refractivity contribution < 1.29 is 14.6 Å². The van der Waals surface area contributed by atoms with Crippen LogP contribution in [0.25, 0.3) is 0 Å². The number of rotatable bonds is 4. The maximum absolute atomic E-state index is 11.9. The summed E-state index contributed by atoms with van der Waals surface area (Å²) in [6.45, 7) is 7.47. The van der Waals surface area contributed by atoms with Crippen LogP contribution in [0, 0.1) is 0 Å². The van der Waals surface area contributed by atoms with Gasteiger partial charge in [0.2, 0.25) is 0 Å². The van der Waals surface area contributed by atoms with Crippen LogP contribution < -0.4 is 5.32 Å². The largest absolute Gasteiger partial charge is 0.459 e. The fourth-order valence-corrected chi connectivity index (χ4v) is 2.49. The normalized spacial score (nSPS) is 21.4. The van der Waals surface area contributed by atoms with Gasteiger partial charge in [0.15, 0.2) is 0 Å². The summed E-state index contributed by atoms with van der Waals surface area (Å²) in [5.41, 5.74) is -0.763. The molecule has 1 aliphatic rings. The zero-order chi connectivity index (χ0) is 13.8. The van der Waals surface area contributed by atoms with Gasteiger partial charge in [-0.3, -0.25) is 10.1 Å². The zero-order valence-electron chi connectivity index (χ0n) is 12.1. The lowest BCUT2D eigenvalue weighted by Gasteiger charge is -2.38. The van der Waals surface area contributed by atoms with Gasteiger partial charge in [0.1, 0.15) is 11.6 Å². The Morgan fingerprint density at radius 1 is 1.33 bits per heavy atom. The highest BCUT2D eigenvalue weighted by Crippen LogP contribution is 2.28. The van der Waals surface area contributed by atoms with Crippen LogP contribution >= 0.6 is 0 Å². The Morgan fingerprint density at radius 3 is 2.33 bits per heavy atom. The molecule has 0 heterocycles. The zero-order valence-corrected chi connectivity index (χ0v) is 12.1. The summed E-state index contributed by atoms with van der Waals surface area (Å²) >= 11 is 0. The third-order valence-corrected chi connectivity index (χ3v) is 3.40. The van der Waals surface area contributed by atoms with Crippen LogP contribution in [0.1, 0.15) is 59.8 Å². The van der Waals surface area contributed by atoms with E-state index >= 15 is 0 Å². The maximum atomic E-state index is 11.9. The summed E-state index contributed by atoms with van der Waals surface area (Å²) in [6, 6.07) is -0.380. The van der Waals surface area contributed by atoms with Crippen LogP contribution in [0.4, 0.5) is 0 Å². The van der Waals surface area contributed by atoms with E-state index in [1.807, 2.05) is 20.8 Å². The van der Waals surface area contributed by atoms with Crippen molar-refractivity contribution in [2.75, 3.05) is 6.61 Å². The van der Waals surface area contributed by atoms with Gasteiger partial charge in [-0.25, -0.2) is 0 Å². The van der Waals surface area contributed by atoms with E-state index in [0.29, 0.717) is 0 Å². The average molecular weight is 257 g/mol. The molecule has 4 heteroatoms. The van der Waals surface area contributed by atoms with E-state index in [-0.39, 0.29) is 24.2 Å². The molecule has 0 spiro atoms. The van der Waals surface area contributed by atoms with Gasteiger partial charge in [0.25, 0.3) is 0 Å². The summed E-state index contributed by atoms with van der Waals surface area (Å²) < 4.78 is 5.35. The molecule has 0 aromatic carbocycles. The van der Waals surface area contributed by atoms with E-state index in [4.69, 9.17) is 4.74 Å². The molecule has 0 amide bonds. The lowest BCUT2D eigenvalue weighted by Crippen LogP contribution is -2.56. The molecular weight excluding hydrogens is 230 g/mol. The van der Waals surface area contributed by atoms with Crippen molar-refractivity contribution in [1.82, 2.24) is 5.32 Å². The predicted octanol–water partition coefficient (Wildman–Crippen LogP) is 2.00. The molecule has 18 heavy (non-hydrogen) atoms. The number of aliphatic hydroxyl groups excluding tert-OH is 1. The molecule has 1 fully saturated rings. The standard InChI is InChI=1S/C14H27NO3/c1-11(12(17)18-13(2,3)4)15-14(10-16)8-6-5-7-9-14/h11,15-16H,5-10H2,1-4H3. The van der Waals surface area contributed by atoms with Gasteiger partial charge in [-0.2, -0.15) is 0 Å². The number of aliphatic hydroxyl groups is 1. The topological polar surface area (TPSA) is 58.6 Å². The minimum absolute atomic E-state index is 0.0835. The fourth-order valence-electron chi connectivity index (χ4n) is 2.49. The summed E-state index contributed by atoms with van der Waals surface area (Å²) in [5, 5.41) is 12.9. The van der Waals surface area contributed by atoms with Crippen LogP contribution in [0.5, 0.6) is 0 Å².